The van der Waals surface area contributed by atoms with E-state index in [-0.39, 0.29) is 41.7 Å². The van der Waals surface area contributed by atoms with Crippen molar-refractivity contribution in [1.29, 1.82) is 0 Å². The quantitative estimate of drug-likeness (QED) is 0.187. The van der Waals surface area contributed by atoms with Gasteiger partial charge in [0.05, 0.1) is 11.2 Å². The fourth-order valence-electron chi connectivity index (χ4n) is 12.5. The molecule has 5 aliphatic heterocycles. The van der Waals surface area contributed by atoms with Crippen molar-refractivity contribution in [1.82, 2.24) is 20.0 Å². The first-order valence-corrected chi connectivity index (χ1v) is 24.2. The van der Waals surface area contributed by atoms with Crippen molar-refractivity contribution in [2.45, 2.75) is 88.3 Å². The number of nitrogens with one attached hydrogen (secondary N) is 1. The summed E-state index contributed by atoms with van der Waals surface area (Å²) in [7, 11) is 0. The summed E-state index contributed by atoms with van der Waals surface area (Å²) >= 11 is 0. The molecule has 66 heavy (non-hydrogen) atoms. The number of nitrogens with zero attached hydrogens (tertiary/aromatic N) is 5. The lowest BCUT2D eigenvalue weighted by atomic mass is 9.69. The van der Waals surface area contributed by atoms with E-state index in [9.17, 15) is 23.7 Å². The number of piperazine rings is 2. The van der Waals surface area contributed by atoms with Gasteiger partial charge in [0.15, 0.2) is 5.75 Å². The van der Waals surface area contributed by atoms with Gasteiger partial charge < -0.3 is 24.3 Å². The standard InChI is InChI=1S/C53H59FN6O6/c1-53-32-58(25-26-60(53)46-28-39-31-59(45-19-20-48(61)55-50(45)62)52(64)44(39)29-47(46)65-33-53)51(63)37-9-7-34(8-10-37)30-56-21-23-57(24-22-56)40-14-11-36(12-15-40)49-42(35-5-3-2-4-6-35)17-13-38-27-41(66-54)16-18-43(38)49/h2-6,11-12,14-16,18,27-29,34,37,42,45,49H,7-10,13,17,19-26,30-33H2,1H3,(H,55,61,62)/t34?,37?,42?,45?,49?,53-/m0/s1. The third-order valence-electron chi connectivity index (χ3n) is 16.1. The zero-order chi connectivity index (χ0) is 45.1. The number of rotatable bonds is 8. The van der Waals surface area contributed by atoms with Crippen molar-refractivity contribution < 1.29 is 33.4 Å². The minimum atomic E-state index is -0.665. The summed E-state index contributed by atoms with van der Waals surface area (Å²) in [5.74, 6) is 1.42. The molecule has 1 saturated carbocycles. The predicted octanol–water partition coefficient (Wildman–Crippen LogP) is 7.00. The minimum absolute atomic E-state index is 0.0484. The van der Waals surface area contributed by atoms with Crippen LogP contribution in [0, 0.1) is 11.8 Å². The van der Waals surface area contributed by atoms with E-state index in [4.69, 9.17) is 4.74 Å². The third-order valence-corrected chi connectivity index (χ3v) is 16.1. The summed E-state index contributed by atoms with van der Waals surface area (Å²) in [6.07, 6.45) is 6.42. The molecule has 0 spiro atoms. The van der Waals surface area contributed by atoms with E-state index in [1.54, 1.807) is 11.0 Å². The molecule has 4 fully saturated rings. The van der Waals surface area contributed by atoms with Gasteiger partial charge in [-0.1, -0.05) is 48.5 Å². The van der Waals surface area contributed by atoms with Crippen molar-refractivity contribution >= 4 is 35.0 Å². The highest BCUT2D eigenvalue weighted by molar-refractivity contribution is 6.06. The normalized spacial score (nSPS) is 27.6. The molecular formula is C53H59FN6O6. The van der Waals surface area contributed by atoms with E-state index < -0.39 is 17.5 Å². The summed E-state index contributed by atoms with van der Waals surface area (Å²) in [5, 5.41) is 2.38. The Balaban J connectivity index is 0.664. The summed E-state index contributed by atoms with van der Waals surface area (Å²) in [6.45, 7) is 9.88. The van der Waals surface area contributed by atoms with E-state index in [1.807, 2.05) is 18.2 Å². The van der Waals surface area contributed by atoms with E-state index in [0.717, 1.165) is 88.1 Å². The van der Waals surface area contributed by atoms with Crippen LogP contribution >= 0.6 is 0 Å². The highest BCUT2D eigenvalue weighted by Gasteiger charge is 2.47. The Morgan fingerprint density at radius 1 is 0.818 bits per heavy atom. The van der Waals surface area contributed by atoms with Gasteiger partial charge in [0.25, 0.3) is 5.91 Å². The summed E-state index contributed by atoms with van der Waals surface area (Å²) in [6, 6.07) is 28.8. The average molecular weight is 895 g/mol. The fraction of sp³-hybridized carbons (Fsp3) is 0.472. The highest BCUT2D eigenvalue weighted by atomic mass is 19.3. The second kappa shape index (κ2) is 17.4. The Labute approximate surface area is 385 Å². The van der Waals surface area contributed by atoms with Gasteiger partial charge in [0, 0.05) is 92.9 Å². The Hall–Kier alpha value is -5.95. The van der Waals surface area contributed by atoms with Crippen LogP contribution in [0.25, 0.3) is 0 Å². The van der Waals surface area contributed by atoms with Gasteiger partial charge in [-0.05, 0) is 128 Å². The van der Waals surface area contributed by atoms with Gasteiger partial charge in [-0.3, -0.25) is 34.3 Å². The number of amides is 4. The first-order valence-electron chi connectivity index (χ1n) is 24.2. The van der Waals surface area contributed by atoms with Gasteiger partial charge in [0.1, 0.15) is 18.4 Å². The lowest BCUT2D eigenvalue weighted by Gasteiger charge is -2.53. The number of anilines is 2. The molecule has 4 aromatic rings. The van der Waals surface area contributed by atoms with E-state index in [0.29, 0.717) is 62.4 Å². The maximum atomic E-state index is 14.1. The molecule has 3 saturated heterocycles. The monoisotopic (exact) mass is 894 g/mol. The van der Waals surface area contributed by atoms with Crippen LogP contribution in [0.1, 0.15) is 102 Å². The molecule has 4 amide bonds. The van der Waals surface area contributed by atoms with Crippen LogP contribution in [-0.2, 0) is 27.3 Å². The molecule has 3 unspecified atom stereocenters. The number of hydrogen-bond donors (Lipinski definition) is 1. The van der Waals surface area contributed by atoms with Gasteiger partial charge in [0.2, 0.25) is 17.7 Å². The van der Waals surface area contributed by atoms with E-state index >= 15 is 0 Å². The molecule has 13 heteroatoms. The lowest BCUT2D eigenvalue weighted by Crippen LogP contribution is -2.66. The number of hydrogen-bond acceptors (Lipinski definition) is 9. The highest BCUT2D eigenvalue weighted by Crippen LogP contribution is 2.48. The first kappa shape index (κ1) is 42.7. The average Bonchev–Trinajstić information content (AvgIpc) is 3.66. The van der Waals surface area contributed by atoms with Crippen LogP contribution in [-0.4, -0.2) is 109 Å². The number of carbonyl (C=O) groups excluding carboxylic acids is 4. The molecule has 4 aromatic carbocycles. The third kappa shape index (κ3) is 7.86. The molecule has 5 heterocycles. The van der Waals surface area contributed by atoms with Crippen LogP contribution in [0.3, 0.4) is 0 Å². The zero-order valence-corrected chi connectivity index (χ0v) is 37.8. The maximum Gasteiger partial charge on any atom is 0.255 e. The number of benzene rings is 4. The molecule has 344 valence electrons. The topological polar surface area (TPSA) is 115 Å². The molecule has 2 aliphatic carbocycles. The summed E-state index contributed by atoms with van der Waals surface area (Å²) in [5.41, 5.74) is 8.20. The Morgan fingerprint density at radius 2 is 1.61 bits per heavy atom. The number of piperidine rings is 1. The number of carbonyl (C=O) groups is 4. The SMILES string of the molecule is C[C@]12COc3cc4c(cc3N1CCN(C(=O)C1CCC(CN3CCN(c5ccc(C6c7ccc(OF)cc7CCC6c6ccccc6)cc5)CC3)CC1)C2)CN(C1CCC(=O)NC1=O)C4=O. The Morgan fingerprint density at radius 3 is 2.36 bits per heavy atom. The van der Waals surface area contributed by atoms with Gasteiger partial charge in [-0.2, -0.15) is 0 Å². The van der Waals surface area contributed by atoms with Crippen molar-refractivity contribution in [2.75, 3.05) is 68.8 Å². The van der Waals surface area contributed by atoms with Crippen LogP contribution in [0.4, 0.5) is 15.9 Å². The van der Waals surface area contributed by atoms with E-state index in [1.165, 1.54) is 22.4 Å². The van der Waals surface area contributed by atoms with E-state index in [2.05, 4.69) is 97.4 Å². The molecular weight excluding hydrogens is 836 g/mol. The molecule has 0 bridgehead atoms. The number of imide groups is 1. The molecule has 1 N–H and O–H groups in total. The molecule has 12 nitrogen and oxygen atoms in total. The largest absolute Gasteiger partial charge is 0.489 e. The van der Waals surface area contributed by atoms with Crippen LogP contribution in [0.15, 0.2) is 84.9 Å². The second-order valence-electron chi connectivity index (χ2n) is 20.1. The van der Waals surface area contributed by atoms with Gasteiger partial charge in [-0.15, -0.1) is 0 Å². The van der Waals surface area contributed by atoms with Gasteiger partial charge >= 0.3 is 0 Å². The molecule has 11 rings (SSSR count). The van der Waals surface area contributed by atoms with Gasteiger partial charge in [-0.25, -0.2) is 0 Å². The van der Waals surface area contributed by atoms with Crippen LogP contribution in [0.2, 0.25) is 0 Å². The molecule has 4 atom stereocenters. The van der Waals surface area contributed by atoms with Crippen molar-refractivity contribution in [3.05, 3.63) is 118 Å². The number of halogens is 1. The number of fused-ring (bicyclic) bond motifs is 5. The molecule has 0 radical (unpaired) electrons. The second-order valence-corrected chi connectivity index (χ2v) is 20.1. The lowest BCUT2D eigenvalue weighted by molar-refractivity contribution is -0.139. The number of aryl methyl sites for hydroxylation is 1. The smallest absolute Gasteiger partial charge is 0.255 e. The van der Waals surface area contributed by atoms with Crippen LogP contribution < -0.4 is 24.8 Å². The fourth-order valence-corrected chi connectivity index (χ4v) is 12.5. The molecule has 0 aromatic heterocycles. The minimum Gasteiger partial charge on any atom is -0.489 e. The van der Waals surface area contributed by atoms with Crippen molar-refractivity contribution in [2.24, 2.45) is 11.8 Å². The molecule has 7 aliphatic rings. The summed E-state index contributed by atoms with van der Waals surface area (Å²) < 4.78 is 19.5. The summed E-state index contributed by atoms with van der Waals surface area (Å²) in [4.78, 5) is 67.2. The Kier molecular flexibility index (Phi) is 11.2. The Bertz CT molecular complexity index is 2520. The maximum absolute atomic E-state index is 14.1. The van der Waals surface area contributed by atoms with Crippen molar-refractivity contribution in [3.8, 4) is 11.5 Å². The number of ether oxygens (including phenoxy) is 1. The van der Waals surface area contributed by atoms with Crippen molar-refractivity contribution in [3.63, 3.8) is 0 Å². The van der Waals surface area contributed by atoms with Crippen LogP contribution in [0.5, 0.6) is 11.5 Å². The zero-order valence-electron chi connectivity index (χ0n) is 37.8. The first-order chi connectivity index (χ1) is 32.1. The predicted molar refractivity (Wildman–Crippen MR) is 248 cm³/mol.